The topological polar surface area (TPSA) is 163 Å². The maximum absolute atomic E-state index is 13.1. The van der Waals surface area contributed by atoms with E-state index in [1.807, 2.05) is 0 Å². The molecule has 2 aromatic heterocycles. The molecule has 4 aromatic rings. The van der Waals surface area contributed by atoms with Gasteiger partial charge in [0.25, 0.3) is 5.91 Å². The number of nitrogens with one attached hydrogen (secondary N) is 2. The third-order valence-electron chi connectivity index (χ3n) is 6.35. The molecule has 0 aliphatic carbocycles. The van der Waals surface area contributed by atoms with Crippen molar-refractivity contribution in [1.29, 1.82) is 0 Å². The molecule has 1 amide bonds. The van der Waals surface area contributed by atoms with Gasteiger partial charge in [0.1, 0.15) is 18.2 Å². The number of primary sulfonamides is 1. The highest BCUT2D eigenvalue weighted by Crippen LogP contribution is 2.29. The number of halogens is 3. The van der Waals surface area contributed by atoms with Gasteiger partial charge in [-0.25, -0.2) is 23.5 Å². The first-order chi connectivity index (χ1) is 19.4. The molecular formula is C26H24F3N7O4S. The van der Waals surface area contributed by atoms with Crippen LogP contribution in [-0.2, 0) is 21.4 Å². The highest BCUT2D eigenvalue weighted by molar-refractivity contribution is 7.89. The molecule has 1 aliphatic rings. The van der Waals surface area contributed by atoms with E-state index < -0.39 is 28.8 Å². The van der Waals surface area contributed by atoms with Crippen LogP contribution in [0.1, 0.15) is 12.0 Å². The summed E-state index contributed by atoms with van der Waals surface area (Å²) in [6, 6.07) is 15.9. The second kappa shape index (κ2) is 10.9. The smallest absolute Gasteiger partial charge is 0.383 e. The minimum atomic E-state index is -4.51. The fourth-order valence-electron chi connectivity index (χ4n) is 4.27. The Bertz CT molecular complexity index is 1700. The van der Waals surface area contributed by atoms with Crippen molar-refractivity contribution in [3.05, 3.63) is 66.2 Å². The van der Waals surface area contributed by atoms with Gasteiger partial charge in [-0.3, -0.25) is 4.79 Å². The molecule has 0 radical (unpaired) electrons. The highest BCUT2D eigenvalue weighted by Gasteiger charge is 2.31. The minimum Gasteiger partial charge on any atom is -0.383 e. The molecule has 214 valence electrons. The Hall–Kier alpha value is -4.34. The number of hydrogen-bond acceptors (Lipinski definition) is 9. The van der Waals surface area contributed by atoms with Gasteiger partial charge in [-0.2, -0.15) is 18.2 Å². The van der Waals surface area contributed by atoms with Gasteiger partial charge >= 0.3 is 6.18 Å². The minimum absolute atomic E-state index is 0.0362. The third kappa shape index (κ3) is 6.53. The molecule has 1 atom stereocenters. The lowest BCUT2D eigenvalue weighted by molar-refractivity contribution is -0.124. The molecule has 0 bridgehead atoms. The second-order valence-corrected chi connectivity index (χ2v) is 10.9. The van der Waals surface area contributed by atoms with Crippen molar-refractivity contribution in [1.82, 2.24) is 15.0 Å². The van der Waals surface area contributed by atoms with Crippen LogP contribution in [0.4, 0.5) is 30.6 Å². The summed E-state index contributed by atoms with van der Waals surface area (Å²) in [5.41, 5.74) is 2.78. The number of rotatable bonds is 8. The lowest BCUT2D eigenvalue weighted by Gasteiger charge is -2.16. The number of aliphatic hydroxyl groups excluding tert-OH is 1. The third-order valence-corrected chi connectivity index (χ3v) is 7.28. The number of hydrogen-bond donors (Lipinski definition) is 4. The van der Waals surface area contributed by atoms with E-state index in [0.29, 0.717) is 35.5 Å². The summed E-state index contributed by atoms with van der Waals surface area (Å²) < 4.78 is 62.1. The highest BCUT2D eigenvalue weighted by atomic mass is 32.2. The number of anilines is 3. The maximum Gasteiger partial charge on any atom is 0.405 e. The van der Waals surface area contributed by atoms with Crippen molar-refractivity contribution in [3.8, 4) is 11.3 Å². The van der Waals surface area contributed by atoms with Crippen LogP contribution >= 0.6 is 0 Å². The predicted molar refractivity (Wildman–Crippen MR) is 145 cm³/mol. The predicted octanol–water partition coefficient (Wildman–Crippen LogP) is 3.02. The molecule has 15 heteroatoms. The summed E-state index contributed by atoms with van der Waals surface area (Å²) in [7, 11) is -3.85. The molecule has 3 heterocycles. The van der Waals surface area contributed by atoms with E-state index in [1.165, 1.54) is 29.2 Å². The SMILES string of the molecule is NS(=O)(=O)c1ccc(CNc2nc(NCC(F)(F)F)c3nc(-c4ccc(N5CCC(O)C5=O)cc4)ccc3n2)cc1. The molecule has 0 saturated carbocycles. The Balaban J connectivity index is 1.41. The number of nitrogens with two attached hydrogens (primary N) is 1. The number of sulfonamides is 1. The number of pyridine rings is 1. The zero-order chi connectivity index (χ0) is 29.4. The normalized spacial score (nSPS) is 15.9. The summed E-state index contributed by atoms with van der Waals surface area (Å²) >= 11 is 0. The lowest BCUT2D eigenvalue weighted by Crippen LogP contribution is -2.28. The molecule has 41 heavy (non-hydrogen) atoms. The number of fused-ring (bicyclic) bond motifs is 1. The molecular weight excluding hydrogens is 563 g/mol. The van der Waals surface area contributed by atoms with Crippen molar-refractivity contribution in [3.63, 3.8) is 0 Å². The molecule has 1 unspecified atom stereocenters. The van der Waals surface area contributed by atoms with Gasteiger partial charge in [0, 0.05) is 30.8 Å². The van der Waals surface area contributed by atoms with Crippen molar-refractivity contribution in [2.24, 2.45) is 5.14 Å². The number of aromatic nitrogens is 3. The Labute approximate surface area is 232 Å². The molecule has 0 spiro atoms. The van der Waals surface area contributed by atoms with E-state index >= 15 is 0 Å². The van der Waals surface area contributed by atoms with Crippen molar-refractivity contribution in [2.75, 3.05) is 28.6 Å². The number of carbonyl (C=O) groups excluding carboxylic acids is 1. The van der Waals surface area contributed by atoms with E-state index in [-0.39, 0.29) is 40.1 Å². The lowest BCUT2D eigenvalue weighted by atomic mass is 10.1. The largest absolute Gasteiger partial charge is 0.405 e. The summed E-state index contributed by atoms with van der Waals surface area (Å²) in [4.78, 5) is 26.7. The van der Waals surface area contributed by atoms with Crippen LogP contribution in [-0.4, -0.2) is 59.8 Å². The van der Waals surface area contributed by atoms with Gasteiger partial charge in [0.2, 0.25) is 16.0 Å². The molecule has 11 nitrogen and oxygen atoms in total. The number of amides is 1. The average molecular weight is 588 g/mol. The van der Waals surface area contributed by atoms with Crippen LogP contribution in [0.5, 0.6) is 0 Å². The van der Waals surface area contributed by atoms with Crippen LogP contribution in [0, 0.1) is 0 Å². The Kier molecular flexibility index (Phi) is 7.50. The van der Waals surface area contributed by atoms with Crippen LogP contribution in [0.2, 0.25) is 0 Å². The number of aliphatic hydroxyl groups is 1. The zero-order valence-corrected chi connectivity index (χ0v) is 22.1. The maximum atomic E-state index is 13.1. The summed E-state index contributed by atoms with van der Waals surface area (Å²) in [5.74, 6) is -0.465. The number of benzene rings is 2. The molecule has 1 fully saturated rings. The van der Waals surface area contributed by atoms with Crippen LogP contribution < -0.4 is 20.7 Å². The quantitative estimate of drug-likeness (QED) is 0.243. The van der Waals surface area contributed by atoms with Gasteiger partial charge in [-0.05, 0) is 42.0 Å². The van der Waals surface area contributed by atoms with E-state index in [9.17, 15) is 31.5 Å². The number of alkyl halides is 3. The Morgan fingerprint density at radius 3 is 2.29 bits per heavy atom. The van der Waals surface area contributed by atoms with E-state index in [0.717, 1.165) is 0 Å². The molecule has 2 aromatic carbocycles. The molecule has 5 rings (SSSR count). The van der Waals surface area contributed by atoms with Gasteiger partial charge < -0.3 is 20.6 Å². The first-order valence-corrected chi connectivity index (χ1v) is 13.9. The fourth-order valence-corrected chi connectivity index (χ4v) is 4.79. The van der Waals surface area contributed by atoms with Crippen molar-refractivity contribution in [2.45, 2.75) is 30.1 Å². The first-order valence-electron chi connectivity index (χ1n) is 12.3. The first kappa shape index (κ1) is 28.2. The average Bonchev–Trinajstić information content (AvgIpc) is 3.27. The molecule has 1 aliphatic heterocycles. The van der Waals surface area contributed by atoms with Crippen molar-refractivity contribution >= 4 is 44.4 Å². The number of nitrogens with zero attached hydrogens (tertiary/aromatic N) is 4. The van der Waals surface area contributed by atoms with Crippen LogP contribution in [0.25, 0.3) is 22.3 Å². The molecule has 5 N–H and O–H groups in total. The zero-order valence-electron chi connectivity index (χ0n) is 21.3. The second-order valence-electron chi connectivity index (χ2n) is 9.31. The van der Waals surface area contributed by atoms with Crippen LogP contribution in [0.15, 0.2) is 65.6 Å². The summed E-state index contributed by atoms with van der Waals surface area (Å²) in [6.45, 7) is -0.788. The number of carbonyl (C=O) groups is 1. The Morgan fingerprint density at radius 1 is 0.976 bits per heavy atom. The van der Waals surface area contributed by atoms with E-state index in [1.54, 1.807) is 36.4 Å². The summed E-state index contributed by atoms with van der Waals surface area (Å²) in [6.07, 6.45) is -5.18. The fraction of sp³-hybridized carbons (Fsp3) is 0.231. The molecule has 1 saturated heterocycles. The van der Waals surface area contributed by atoms with Gasteiger partial charge in [-0.15, -0.1) is 0 Å². The van der Waals surface area contributed by atoms with Gasteiger partial charge in [-0.1, -0.05) is 24.3 Å². The van der Waals surface area contributed by atoms with E-state index in [4.69, 9.17) is 5.14 Å². The van der Waals surface area contributed by atoms with Gasteiger partial charge in [0.15, 0.2) is 5.82 Å². The van der Waals surface area contributed by atoms with Gasteiger partial charge in [0.05, 0.1) is 16.1 Å². The monoisotopic (exact) mass is 587 g/mol. The Morgan fingerprint density at radius 2 is 1.68 bits per heavy atom. The van der Waals surface area contributed by atoms with E-state index in [2.05, 4.69) is 25.6 Å². The van der Waals surface area contributed by atoms with Crippen molar-refractivity contribution < 1.29 is 31.5 Å². The summed E-state index contributed by atoms with van der Waals surface area (Å²) in [5, 5.41) is 20.1. The van der Waals surface area contributed by atoms with Crippen LogP contribution in [0.3, 0.4) is 0 Å². The standard InChI is InChI=1S/C26H24F3N7O4S/c27-26(28,29)14-32-23-22-20(34-25(35-23)31-13-15-1-7-18(8-2-15)41(30,39)40)10-9-19(33-22)16-3-5-17(6-4-16)36-12-11-21(37)24(36)38/h1-10,21,37H,11-14H2,(H2,30,39,40)(H2,31,32,34,35).